The molecule has 18 heavy (non-hydrogen) atoms. The average Bonchev–Trinajstić information content (AvgIpc) is 2.93. The van der Waals surface area contributed by atoms with Crippen LogP contribution in [0.15, 0.2) is 42.7 Å². The molecule has 2 aromatic heterocycles. The van der Waals surface area contributed by atoms with Crippen molar-refractivity contribution in [2.75, 3.05) is 0 Å². The Labute approximate surface area is 102 Å². The van der Waals surface area contributed by atoms with Gasteiger partial charge in [0.05, 0.1) is 6.20 Å². The molecule has 0 aliphatic carbocycles. The van der Waals surface area contributed by atoms with Gasteiger partial charge < -0.3 is 4.74 Å². The lowest BCUT2D eigenvalue weighted by Crippen LogP contribution is -2.10. The lowest BCUT2D eigenvalue weighted by atomic mass is 10.2. The molecule has 0 atom stereocenters. The first-order valence-electron chi connectivity index (χ1n) is 5.26. The maximum Gasteiger partial charge on any atom is 0.367 e. The Hall–Kier alpha value is -2.76. The number of aromatic amines is 1. The van der Waals surface area contributed by atoms with Crippen molar-refractivity contribution in [3.05, 3.63) is 48.4 Å². The Kier molecular flexibility index (Phi) is 2.45. The standard InChI is InChI=1S/C12H8N4O2/c17-12(10-7-14-16-15-10)18-11-9-4-2-1-3-8(9)5-6-13-11/h1-7H,(H,14,15,16). The van der Waals surface area contributed by atoms with Gasteiger partial charge in [-0.1, -0.05) is 18.2 Å². The van der Waals surface area contributed by atoms with Gasteiger partial charge in [0.1, 0.15) is 0 Å². The topological polar surface area (TPSA) is 80.8 Å². The molecular formula is C12H8N4O2. The van der Waals surface area contributed by atoms with Crippen LogP contribution in [0.1, 0.15) is 10.5 Å². The number of rotatable bonds is 2. The van der Waals surface area contributed by atoms with E-state index in [0.29, 0.717) is 0 Å². The molecule has 1 N–H and O–H groups in total. The van der Waals surface area contributed by atoms with Crippen LogP contribution in [0.4, 0.5) is 0 Å². The van der Waals surface area contributed by atoms with Gasteiger partial charge in [-0.15, -0.1) is 5.10 Å². The summed E-state index contributed by atoms with van der Waals surface area (Å²) in [6.07, 6.45) is 2.89. The number of benzene rings is 1. The lowest BCUT2D eigenvalue weighted by Gasteiger charge is -2.04. The van der Waals surface area contributed by atoms with Gasteiger partial charge in [-0.25, -0.2) is 9.78 Å². The number of fused-ring (bicyclic) bond motifs is 1. The number of aromatic nitrogens is 4. The highest BCUT2D eigenvalue weighted by molar-refractivity contribution is 5.93. The van der Waals surface area contributed by atoms with E-state index in [-0.39, 0.29) is 11.6 Å². The Morgan fingerprint density at radius 3 is 2.94 bits per heavy atom. The van der Waals surface area contributed by atoms with E-state index in [1.807, 2.05) is 30.3 Å². The van der Waals surface area contributed by atoms with Crippen molar-refractivity contribution in [2.45, 2.75) is 0 Å². The summed E-state index contributed by atoms with van der Waals surface area (Å²) in [5.74, 6) is -0.325. The van der Waals surface area contributed by atoms with E-state index in [2.05, 4.69) is 20.4 Å². The van der Waals surface area contributed by atoms with Gasteiger partial charge in [0, 0.05) is 11.6 Å². The molecule has 2 heterocycles. The number of hydrogen-bond donors (Lipinski definition) is 1. The van der Waals surface area contributed by atoms with E-state index in [0.717, 1.165) is 10.8 Å². The molecule has 1 aromatic carbocycles. The number of carbonyl (C=O) groups is 1. The molecule has 0 bridgehead atoms. The molecule has 6 nitrogen and oxygen atoms in total. The van der Waals surface area contributed by atoms with Gasteiger partial charge in [-0.3, -0.25) is 0 Å². The van der Waals surface area contributed by atoms with E-state index in [4.69, 9.17) is 4.74 Å². The fourth-order valence-corrected chi connectivity index (χ4v) is 1.61. The molecular weight excluding hydrogens is 232 g/mol. The average molecular weight is 240 g/mol. The predicted octanol–water partition coefficient (Wildman–Crippen LogP) is 1.57. The number of ether oxygens (including phenoxy) is 1. The second-order valence-corrected chi connectivity index (χ2v) is 3.58. The van der Waals surface area contributed by atoms with Crippen molar-refractivity contribution in [3.8, 4) is 5.88 Å². The predicted molar refractivity (Wildman–Crippen MR) is 63.1 cm³/mol. The number of nitrogens with one attached hydrogen (secondary N) is 1. The zero-order valence-electron chi connectivity index (χ0n) is 9.20. The van der Waals surface area contributed by atoms with Crippen LogP contribution < -0.4 is 4.74 Å². The quantitative estimate of drug-likeness (QED) is 0.687. The zero-order valence-corrected chi connectivity index (χ0v) is 9.20. The highest BCUT2D eigenvalue weighted by Crippen LogP contribution is 2.22. The Morgan fingerprint density at radius 1 is 1.22 bits per heavy atom. The summed E-state index contributed by atoms with van der Waals surface area (Å²) in [6.45, 7) is 0. The van der Waals surface area contributed by atoms with E-state index in [9.17, 15) is 4.79 Å². The van der Waals surface area contributed by atoms with Crippen LogP contribution in [0, 0.1) is 0 Å². The van der Waals surface area contributed by atoms with Gasteiger partial charge in [0.15, 0.2) is 5.69 Å². The molecule has 88 valence electrons. The van der Waals surface area contributed by atoms with Crippen molar-refractivity contribution in [1.82, 2.24) is 20.4 Å². The highest BCUT2D eigenvalue weighted by atomic mass is 16.5. The third-order valence-electron chi connectivity index (χ3n) is 2.45. The van der Waals surface area contributed by atoms with Crippen LogP contribution in [0.2, 0.25) is 0 Å². The van der Waals surface area contributed by atoms with Crippen LogP contribution in [-0.2, 0) is 0 Å². The zero-order chi connectivity index (χ0) is 12.4. The molecule has 0 radical (unpaired) electrons. The fourth-order valence-electron chi connectivity index (χ4n) is 1.61. The van der Waals surface area contributed by atoms with Crippen molar-refractivity contribution in [2.24, 2.45) is 0 Å². The fraction of sp³-hybridized carbons (Fsp3) is 0. The van der Waals surface area contributed by atoms with E-state index >= 15 is 0 Å². The van der Waals surface area contributed by atoms with Crippen molar-refractivity contribution < 1.29 is 9.53 Å². The van der Waals surface area contributed by atoms with Crippen molar-refractivity contribution in [3.63, 3.8) is 0 Å². The number of nitrogens with zero attached hydrogens (tertiary/aromatic N) is 3. The summed E-state index contributed by atoms with van der Waals surface area (Å²) in [6, 6.07) is 9.38. The molecule has 0 unspecified atom stereocenters. The summed E-state index contributed by atoms with van der Waals surface area (Å²) >= 11 is 0. The van der Waals surface area contributed by atoms with Gasteiger partial charge in [-0.05, 0) is 17.5 Å². The minimum absolute atomic E-state index is 0.115. The summed E-state index contributed by atoms with van der Waals surface area (Å²) in [5.41, 5.74) is 0.115. The minimum atomic E-state index is -0.590. The van der Waals surface area contributed by atoms with Gasteiger partial charge in [0.25, 0.3) is 0 Å². The largest absolute Gasteiger partial charge is 0.402 e. The monoisotopic (exact) mass is 240 g/mol. The number of pyridine rings is 1. The molecule has 0 saturated carbocycles. The molecule has 0 fully saturated rings. The maximum atomic E-state index is 11.7. The smallest absolute Gasteiger partial charge is 0.367 e. The summed E-state index contributed by atoms with van der Waals surface area (Å²) < 4.78 is 5.20. The number of esters is 1. The molecule has 3 aromatic rings. The Bertz CT molecular complexity index is 689. The Morgan fingerprint density at radius 2 is 2.11 bits per heavy atom. The second-order valence-electron chi connectivity index (χ2n) is 3.58. The van der Waals surface area contributed by atoms with Gasteiger partial charge >= 0.3 is 5.97 Å². The first-order valence-corrected chi connectivity index (χ1v) is 5.26. The third-order valence-corrected chi connectivity index (χ3v) is 2.45. The maximum absolute atomic E-state index is 11.7. The van der Waals surface area contributed by atoms with Crippen LogP contribution in [0.5, 0.6) is 5.88 Å². The van der Waals surface area contributed by atoms with Crippen LogP contribution >= 0.6 is 0 Å². The molecule has 0 aliphatic rings. The third kappa shape index (κ3) is 1.80. The number of hydrogen-bond acceptors (Lipinski definition) is 5. The molecule has 0 saturated heterocycles. The molecule has 6 heteroatoms. The lowest BCUT2D eigenvalue weighted by molar-refractivity contribution is 0.0724. The first-order chi connectivity index (χ1) is 8.84. The van der Waals surface area contributed by atoms with Crippen LogP contribution in [0.3, 0.4) is 0 Å². The van der Waals surface area contributed by atoms with Gasteiger partial charge in [-0.2, -0.15) is 10.3 Å². The first kappa shape index (κ1) is 10.4. The summed E-state index contributed by atoms with van der Waals surface area (Å²) in [7, 11) is 0. The number of H-pyrrole nitrogens is 1. The SMILES string of the molecule is O=C(Oc1nccc2ccccc12)c1cn[nH]n1. The van der Waals surface area contributed by atoms with E-state index in [1.165, 1.54) is 6.20 Å². The van der Waals surface area contributed by atoms with Crippen LogP contribution in [0.25, 0.3) is 10.8 Å². The van der Waals surface area contributed by atoms with Crippen LogP contribution in [-0.4, -0.2) is 26.4 Å². The highest BCUT2D eigenvalue weighted by Gasteiger charge is 2.13. The summed E-state index contributed by atoms with van der Waals surface area (Å²) in [5, 5.41) is 11.3. The van der Waals surface area contributed by atoms with E-state index in [1.54, 1.807) is 6.20 Å². The molecule has 0 amide bonds. The second kappa shape index (κ2) is 4.25. The summed E-state index contributed by atoms with van der Waals surface area (Å²) in [4.78, 5) is 15.8. The molecule has 0 spiro atoms. The number of carbonyl (C=O) groups excluding carboxylic acids is 1. The van der Waals surface area contributed by atoms with E-state index < -0.39 is 5.97 Å². The van der Waals surface area contributed by atoms with Crippen molar-refractivity contribution >= 4 is 16.7 Å². The Balaban J connectivity index is 1.98. The van der Waals surface area contributed by atoms with Gasteiger partial charge in [0.2, 0.25) is 5.88 Å². The van der Waals surface area contributed by atoms with Crippen molar-refractivity contribution in [1.29, 1.82) is 0 Å². The minimum Gasteiger partial charge on any atom is -0.402 e. The molecule has 3 rings (SSSR count). The normalized spacial score (nSPS) is 10.4. The molecule has 0 aliphatic heterocycles.